The van der Waals surface area contributed by atoms with Crippen LogP contribution in [0.2, 0.25) is 0 Å². The molecule has 0 aliphatic heterocycles. The fraction of sp³-hybridized carbons (Fsp3) is 0.353. The SMILES string of the molecule is Cc1c(C(C)C)c(-c2cccc3nn(C[C@H](C)c4ccccc4)cc23)nn1-c1cc2cn(C)nc2nc1C1(C)CC1. The van der Waals surface area contributed by atoms with Gasteiger partial charge in [-0.15, -0.1) is 0 Å². The molecule has 0 spiro atoms. The van der Waals surface area contributed by atoms with Crippen LogP contribution in [0.3, 0.4) is 0 Å². The number of hydrogen-bond donors (Lipinski definition) is 0. The van der Waals surface area contributed by atoms with Crippen LogP contribution < -0.4 is 0 Å². The number of aryl methyl sites for hydroxylation is 1. The van der Waals surface area contributed by atoms with Crippen LogP contribution in [0.1, 0.15) is 74.9 Å². The molecule has 0 unspecified atom stereocenters. The Kier molecular flexibility index (Phi) is 5.89. The fourth-order valence-corrected chi connectivity index (χ4v) is 6.29. The highest BCUT2D eigenvalue weighted by atomic mass is 15.3. The van der Waals surface area contributed by atoms with E-state index in [2.05, 4.69) is 110 Å². The summed E-state index contributed by atoms with van der Waals surface area (Å²) in [5.74, 6) is 0.663. The minimum atomic E-state index is 0.0637. The van der Waals surface area contributed by atoms with E-state index in [0.717, 1.165) is 69.7 Å². The molecule has 0 radical (unpaired) electrons. The second-order valence-corrected chi connectivity index (χ2v) is 12.4. The molecule has 1 saturated carbocycles. The first-order valence-corrected chi connectivity index (χ1v) is 14.7. The van der Waals surface area contributed by atoms with Crippen LogP contribution in [0.4, 0.5) is 0 Å². The van der Waals surface area contributed by atoms with Crippen LogP contribution >= 0.6 is 0 Å². The second kappa shape index (κ2) is 9.40. The van der Waals surface area contributed by atoms with E-state index in [9.17, 15) is 0 Å². The molecule has 1 atom stereocenters. The van der Waals surface area contributed by atoms with Crippen molar-refractivity contribution in [2.75, 3.05) is 0 Å². The van der Waals surface area contributed by atoms with E-state index in [1.165, 1.54) is 11.1 Å². The smallest absolute Gasteiger partial charge is 0.181 e. The van der Waals surface area contributed by atoms with E-state index in [0.29, 0.717) is 11.8 Å². The maximum absolute atomic E-state index is 5.37. The van der Waals surface area contributed by atoms with Gasteiger partial charge in [-0.1, -0.05) is 70.2 Å². The van der Waals surface area contributed by atoms with Crippen LogP contribution in [0.15, 0.2) is 67.0 Å². The van der Waals surface area contributed by atoms with Gasteiger partial charge in [0.1, 0.15) is 0 Å². The predicted molar refractivity (Wildman–Crippen MR) is 165 cm³/mol. The largest absolute Gasteiger partial charge is 0.273 e. The zero-order chi connectivity index (χ0) is 28.5. The van der Waals surface area contributed by atoms with Crippen molar-refractivity contribution in [1.29, 1.82) is 0 Å². The summed E-state index contributed by atoms with van der Waals surface area (Å²) in [6.07, 6.45) is 6.51. The lowest BCUT2D eigenvalue weighted by Gasteiger charge is -2.15. The van der Waals surface area contributed by atoms with Gasteiger partial charge in [-0.05, 0) is 43.4 Å². The Bertz CT molecular complexity index is 1900. The molecule has 208 valence electrons. The molecule has 0 saturated heterocycles. The first kappa shape index (κ1) is 25.7. The molecule has 4 heterocycles. The second-order valence-electron chi connectivity index (χ2n) is 12.4. The third kappa shape index (κ3) is 4.35. The van der Waals surface area contributed by atoms with Gasteiger partial charge in [0.05, 0.1) is 22.6 Å². The van der Waals surface area contributed by atoms with Gasteiger partial charge >= 0.3 is 0 Å². The fourth-order valence-electron chi connectivity index (χ4n) is 6.29. The number of fused-ring (bicyclic) bond motifs is 2. The Balaban J connectivity index is 1.37. The molecule has 4 aromatic heterocycles. The third-order valence-corrected chi connectivity index (χ3v) is 8.81. The standard InChI is InChI=1S/C34H37N7/c1-21(2)30-23(4)41(29-17-25-19-39(6)38-33(25)35-32(29)34(5)15-16-34)37-31(30)26-13-10-14-28-27(26)20-40(36-28)18-22(3)24-11-8-7-9-12-24/h7-14,17,19-22H,15-16,18H2,1-6H3/t22-/m0/s1. The van der Waals surface area contributed by atoms with E-state index >= 15 is 0 Å². The summed E-state index contributed by atoms with van der Waals surface area (Å²) in [4.78, 5) is 5.10. The quantitative estimate of drug-likeness (QED) is 0.210. The van der Waals surface area contributed by atoms with E-state index in [4.69, 9.17) is 15.2 Å². The molecule has 7 rings (SSSR count). The summed E-state index contributed by atoms with van der Waals surface area (Å²) in [5, 5.41) is 17.1. The van der Waals surface area contributed by atoms with Crippen molar-refractivity contribution in [2.45, 2.75) is 71.3 Å². The molecule has 0 amide bonds. The Hall–Kier alpha value is -4.26. The van der Waals surface area contributed by atoms with E-state index in [1.54, 1.807) is 0 Å². The van der Waals surface area contributed by atoms with Gasteiger partial charge in [-0.3, -0.25) is 9.36 Å². The number of aromatic nitrogens is 7. The van der Waals surface area contributed by atoms with Crippen molar-refractivity contribution in [3.8, 4) is 16.9 Å². The Morgan fingerprint density at radius 1 is 0.927 bits per heavy atom. The molecule has 6 aromatic rings. The minimum Gasteiger partial charge on any atom is -0.273 e. The summed E-state index contributed by atoms with van der Waals surface area (Å²) in [7, 11) is 1.95. The van der Waals surface area contributed by atoms with Gasteiger partial charge in [0.25, 0.3) is 0 Å². The summed E-state index contributed by atoms with van der Waals surface area (Å²) in [6, 6.07) is 19.3. The maximum Gasteiger partial charge on any atom is 0.181 e. The van der Waals surface area contributed by atoms with Crippen LogP contribution in [0.5, 0.6) is 0 Å². The average molecular weight is 544 g/mol. The van der Waals surface area contributed by atoms with Crippen molar-refractivity contribution >= 4 is 21.9 Å². The molecule has 1 aliphatic carbocycles. The maximum atomic E-state index is 5.37. The average Bonchev–Trinajstić information content (AvgIpc) is 3.26. The van der Waals surface area contributed by atoms with Gasteiger partial charge in [0.2, 0.25) is 0 Å². The molecule has 1 aliphatic rings. The molecule has 0 bridgehead atoms. The Morgan fingerprint density at radius 2 is 1.71 bits per heavy atom. The number of pyridine rings is 1. The van der Waals surface area contributed by atoms with Crippen molar-refractivity contribution < 1.29 is 0 Å². The summed E-state index contributed by atoms with van der Waals surface area (Å²) >= 11 is 0. The van der Waals surface area contributed by atoms with Crippen molar-refractivity contribution in [1.82, 2.24) is 34.3 Å². The monoisotopic (exact) mass is 543 g/mol. The summed E-state index contributed by atoms with van der Waals surface area (Å²) in [6.45, 7) is 12.1. The van der Waals surface area contributed by atoms with Gasteiger partial charge in [-0.25, -0.2) is 9.67 Å². The van der Waals surface area contributed by atoms with Crippen molar-refractivity contribution in [3.05, 3.63) is 89.5 Å². The third-order valence-electron chi connectivity index (χ3n) is 8.81. The summed E-state index contributed by atoms with van der Waals surface area (Å²) < 4.78 is 6.08. The van der Waals surface area contributed by atoms with Crippen molar-refractivity contribution in [2.24, 2.45) is 7.05 Å². The lowest BCUT2D eigenvalue weighted by molar-refractivity contribution is 0.547. The van der Waals surface area contributed by atoms with E-state index in [1.807, 2.05) is 17.9 Å². The van der Waals surface area contributed by atoms with Gasteiger partial charge in [0, 0.05) is 64.9 Å². The van der Waals surface area contributed by atoms with Crippen molar-refractivity contribution in [3.63, 3.8) is 0 Å². The zero-order valence-electron chi connectivity index (χ0n) is 24.8. The first-order valence-electron chi connectivity index (χ1n) is 14.7. The predicted octanol–water partition coefficient (Wildman–Crippen LogP) is 7.46. The highest BCUT2D eigenvalue weighted by Crippen LogP contribution is 2.49. The summed E-state index contributed by atoms with van der Waals surface area (Å²) in [5.41, 5.74) is 9.92. The Labute approximate surface area is 240 Å². The molecule has 41 heavy (non-hydrogen) atoms. The number of nitrogens with zero attached hydrogens (tertiary/aromatic N) is 7. The topological polar surface area (TPSA) is 66.3 Å². The molecule has 1 fully saturated rings. The van der Waals surface area contributed by atoms with Gasteiger partial charge in [0.15, 0.2) is 5.65 Å². The lowest BCUT2D eigenvalue weighted by Crippen LogP contribution is -2.12. The molecule has 2 aromatic carbocycles. The zero-order valence-corrected chi connectivity index (χ0v) is 24.8. The minimum absolute atomic E-state index is 0.0637. The normalized spacial score (nSPS) is 15.3. The molecular weight excluding hydrogens is 506 g/mol. The highest BCUT2D eigenvalue weighted by Gasteiger charge is 2.43. The highest BCUT2D eigenvalue weighted by molar-refractivity contribution is 5.94. The number of benzene rings is 2. The molecule has 0 N–H and O–H groups in total. The van der Waals surface area contributed by atoms with Crippen LogP contribution in [0.25, 0.3) is 38.9 Å². The first-order chi connectivity index (χ1) is 19.7. The van der Waals surface area contributed by atoms with Gasteiger partial charge < -0.3 is 0 Å². The van der Waals surface area contributed by atoms with Gasteiger partial charge in [-0.2, -0.15) is 15.3 Å². The van der Waals surface area contributed by atoms with Crippen LogP contribution in [-0.2, 0) is 19.0 Å². The Morgan fingerprint density at radius 3 is 2.44 bits per heavy atom. The van der Waals surface area contributed by atoms with E-state index in [-0.39, 0.29) is 5.41 Å². The van der Waals surface area contributed by atoms with E-state index < -0.39 is 0 Å². The molecular formula is C34H37N7. The van der Waals surface area contributed by atoms with Crippen LogP contribution in [0, 0.1) is 6.92 Å². The lowest BCUT2D eigenvalue weighted by atomic mass is 9.95. The van der Waals surface area contributed by atoms with Crippen LogP contribution in [-0.4, -0.2) is 34.3 Å². The number of hydrogen-bond acceptors (Lipinski definition) is 4. The number of rotatable bonds is 7. The molecule has 7 nitrogen and oxygen atoms in total. The molecule has 7 heteroatoms.